The van der Waals surface area contributed by atoms with Gasteiger partial charge in [-0.1, -0.05) is 0 Å². The second kappa shape index (κ2) is 3.41. The fourth-order valence-corrected chi connectivity index (χ4v) is 1.42. The SMILES string of the molecule is [O]=[Ti](=[O])[CH]1COCCO1. The molecule has 4 nitrogen and oxygen atoms in total. The third-order valence-corrected chi connectivity index (χ3v) is 2.42. The van der Waals surface area contributed by atoms with E-state index >= 15 is 0 Å². The summed E-state index contributed by atoms with van der Waals surface area (Å²) in [5, 5.41) is 0. The van der Waals surface area contributed by atoms with Gasteiger partial charge in [0.15, 0.2) is 0 Å². The fourth-order valence-electron chi connectivity index (χ4n) is 0.624. The van der Waals surface area contributed by atoms with Crippen LogP contribution >= 0.6 is 0 Å². The molecule has 0 radical (unpaired) electrons. The summed E-state index contributed by atoms with van der Waals surface area (Å²) in [6, 6.07) is 0. The van der Waals surface area contributed by atoms with Gasteiger partial charge in [-0.15, -0.1) is 0 Å². The Labute approximate surface area is 58.6 Å². The van der Waals surface area contributed by atoms with Crippen molar-refractivity contribution in [1.82, 2.24) is 0 Å². The minimum absolute atomic E-state index is 0.225. The molecule has 1 aliphatic heterocycles. The average Bonchev–Trinajstić information content (AvgIpc) is 1.90. The Kier molecular flexibility index (Phi) is 2.79. The molecule has 1 heterocycles. The molecule has 0 aromatic heterocycles. The molecule has 0 aliphatic carbocycles. The summed E-state index contributed by atoms with van der Waals surface area (Å²) in [6.45, 7) is 1.15. The van der Waals surface area contributed by atoms with Crippen molar-refractivity contribution in [2.24, 2.45) is 0 Å². The van der Waals surface area contributed by atoms with Crippen molar-refractivity contribution in [3.63, 3.8) is 0 Å². The van der Waals surface area contributed by atoms with Crippen molar-refractivity contribution in [3.05, 3.63) is 0 Å². The molecule has 9 heavy (non-hydrogen) atoms. The maximum atomic E-state index is 10.3. The molecule has 1 atom stereocenters. The van der Waals surface area contributed by atoms with Gasteiger partial charge in [0.05, 0.1) is 0 Å². The standard InChI is InChI=1S/C4H7O2.2O.Ti/c1-2-6-4-3-5-1;;;/h1H,2-4H2;;;. The topological polar surface area (TPSA) is 52.6 Å². The summed E-state index contributed by atoms with van der Waals surface area (Å²) in [5.74, 6) is 0. The second-order valence-corrected chi connectivity index (χ2v) is 3.76. The van der Waals surface area contributed by atoms with Crippen LogP contribution in [-0.2, 0) is 33.9 Å². The summed E-state index contributed by atoms with van der Waals surface area (Å²) in [6.07, 6.45) is 0. The number of ether oxygens (including phenoxy) is 2. The Morgan fingerprint density at radius 1 is 1.33 bits per heavy atom. The van der Waals surface area contributed by atoms with Crippen molar-refractivity contribution < 1.29 is 33.9 Å². The molecule has 0 saturated carbocycles. The Balaban J connectivity index is 2.40. The number of hydrogen-bond acceptors (Lipinski definition) is 4. The van der Waals surface area contributed by atoms with E-state index in [2.05, 4.69) is 0 Å². The van der Waals surface area contributed by atoms with Crippen LogP contribution in [0.2, 0.25) is 0 Å². The van der Waals surface area contributed by atoms with E-state index < -0.39 is 22.2 Å². The van der Waals surface area contributed by atoms with Gasteiger partial charge in [0.25, 0.3) is 0 Å². The van der Waals surface area contributed by atoms with Crippen molar-refractivity contribution in [2.75, 3.05) is 19.8 Å². The van der Waals surface area contributed by atoms with E-state index in [1.165, 1.54) is 0 Å². The minimum atomic E-state index is -3.34. The monoisotopic (exact) mass is 167 g/mol. The van der Waals surface area contributed by atoms with Crippen LogP contribution in [0, 0.1) is 0 Å². The molecule has 1 fully saturated rings. The van der Waals surface area contributed by atoms with Gasteiger partial charge >= 0.3 is 58.2 Å². The molecule has 0 amide bonds. The maximum absolute atomic E-state index is 10.3. The van der Waals surface area contributed by atoms with Gasteiger partial charge in [0.2, 0.25) is 0 Å². The summed E-state index contributed by atoms with van der Waals surface area (Å²) in [5.41, 5.74) is 0. The molecule has 5 heteroatoms. The van der Waals surface area contributed by atoms with E-state index in [0.717, 1.165) is 0 Å². The van der Waals surface area contributed by atoms with Gasteiger partial charge in [0.1, 0.15) is 0 Å². The van der Waals surface area contributed by atoms with Crippen LogP contribution in [0.4, 0.5) is 0 Å². The van der Waals surface area contributed by atoms with E-state index in [9.17, 15) is 6.65 Å². The van der Waals surface area contributed by atoms with E-state index in [0.29, 0.717) is 13.2 Å². The molecule has 1 unspecified atom stereocenters. The van der Waals surface area contributed by atoms with Crippen LogP contribution in [0.5, 0.6) is 0 Å². The molecular weight excluding hydrogens is 160 g/mol. The third-order valence-electron chi connectivity index (χ3n) is 1.08. The molecule has 1 saturated heterocycles. The first kappa shape index (κ1) is 7.34. The zero-order chi connectivity index (χ0) is 6.69. The molecule has 0 aromatic rings. The molecule has 51 valence electrons. The third kappa shape index (κ3) is 2.14. The number of rotatable bonds is 1. The van der Waals surface area contributed by atoms with Crippen LogP contribution in [0.1, 0.15) is 0 Å². The Morgan fingerprint density at radius 3 is 2.44 bits per heavy atom. The van der Waals surface area contributed by atoms with Crippen molar-refractivity contribution in [2.45, 2.75) is 4.41 Å². The Hall–Kier alpha value is 0.234. The molecule has 1 rings (SSSR count). The first-order valence-electron chi connectivity index (χ1n) is 2.71. The van der Waals surface area contributed by atoms with E-state index in [1.807, 2.05) is 0 Å². The number of hydrogen-bond donors (Lipinski definition) is 0. The normalized spacial score (nSPS) is 27.8. The van der Waals surface area contributed by atoms with Gasteiger partial charge in [-0.3, -0.25) is 0 Å². The first-order valence-corrected chi connectivity index (χ1v) is 4.88. The molecular formula is C4H7O4Ti. The molecule has 1 aliphatic rings. The van der Waals surface area contributed by atoms with Gasteiger partial charge < -0.3 is 0 Å². The van der Waals surface area contributed by atoms with E-state index in [1.54, 1.807) is 0 Å². The first-order chi connectivity index (χ1) is 4.30. The predicted octanol–water partition coefficient (Wildman–Crippen LogP) is -0.332. The second-order valence-electron chi connectivity index (χ2n) is 1.75. The predicted molar refractivity (Wildman–Crippen MR) is 21.9 cm³/mol. The Morgan fingerprint density at radius 2 is 2.11 bits per heavy atom. The van der Waals surface area contributed by atoms with Crippen molar-refractivity contribution >= 4 is 0 Å². The molecule has 0 bridgehead atoms. The van der Waals surface area contributed by atoms with Gasteiger partial charge in [-0.05, 0) is 0 Å². The van der Waals surface area contributed by atoms with Gasteiger partial charge in [-0.25, -0.2) is 0 Å². The van der Waals surface area contributed by atoms with Crippen LogP contribution in [-0.4, -0.2) is 24.2 Å². The molecule has 0 aromatic carbocycles. The van der Waals surface area contributed by atoms with Crippen LogP contribution in [0.3, 0.4) is 0 Å². The van der Waals surface area contributed by atoms with Crippen LogP contribution in [0.15, 0.2) is 0 Å². The molecule has 0 N–H and O–H groups in total. The fraction of sp³-hybridized carbons (Fsp3) is 1.00. The van der Waals surface area contributed by atoms with Gasteiger partial charge in [-0.2, -0.15) is 0 Å². The molecule has 0 spiro atoms. The van der Waals surface area contributed by atoms with E-state index in [4.69, 9.17) is 9.47 Å². The van der Waals surface area contributed by atoms with Crippen LogP contribution in [0.25, 0.3) is 0 Å². The zero-order valence-electron chi connectivity index (χ0n) is 4.83. The van der Waals surface area contributed by atoms with Crippen LogP contribution < -0.4 is 0 Å². The van der Waals surface area contributed by atoms with Crippen molar-refractivity contribution in [3.8, 4) is 0 Å². The average molecular weight is 167 g/mol. The Bertz CT molecular complexity index is 139. The van der Waals surface area contributed by atoms with Crippen molar-refractivity contribution in [1.29, 1.82) is 0 Å². The van der Waals surface area contributed by atoms with Gasteiger partial charge in [0, 0.05) is 0 Å². The quantitative estimate of drug-likeness (QED) is 0.501. The zero-order valence-corrected chi connectivity index (χ0v) is 6.39. The summed E-state index contributed by atoms with van der Waals surface area (Å²) in [4.78, 5) is 0. The van der Waals surface area contributed by atoms with E-state index in [-0.39, 0.29) is 6.61 Å². The summed E-state index contributed by atoms with van der Waals surface area (Å²) in [7, 11) is 0. The summed E-state index contributed by atoms with van der Waals surface area (Å²) < 4.78 is 29.7. The summed E-state index contributed by atoms with van der Waals surface area (Å²) >= 11 is -3.34.